The fourth-order valence-electron chi connectivity index (χ4n) is 4.39. The maximum atomic E-state index is 4.73. The Bertz CT molecular complexity index is 879. The highest BCUT2D eigenvalue weighted by Crippen LogP contribution is 2.34. The number of piperazine rings is 1. The molecule has 1 aliphatic carbocycles. The number of aryl methyl sites for hydroxylation is 1. The van der Waals surface area contributed by atoms with E-state index >= 15 is 0 Å². The normalized spacial score (nSPS) is 21.0. The predicted molar refractivity (Wildman–Crippen MR) is 106 cm³/mol. The Labute approximate surface area is 153 Å². The van der Waals surface area contributed by atoms with Crippen LogP contribution in [0.15, 0.2) is 48.5 Å². The Balaban J connectivity index is 1.25. The topological polar surface area (TPSA) is 19.4 Å². The minimum Gasteiger partial charge on any atom is -0.353 e. The highest BCUT2D eigenvalue weighted by molar-refractivity contribution is 7.13. The predicted octanol–water partition coefficient (Wildman–Crippen LogP) is 4.15. The van der Waals surface area contributed by atoms with Crippen LogP contribution in [0.1, 0.15) is 23.5 Å². The summed E-state index contributed by atoms with van der Waals surface area (Å²) in [4.78, 5) is 5.12. The van der Waals surface area contributed by atoms with Gasteiger partial charge in [-0.05, 0) is 53.6 Å². The standard InChI is InChI=1S/C21H23N3S/c1-2-6-18-16(5-1)9-10-17(18)15-23-11-13-24(14-12-23)21-19-7-3-4-8-20(19)25-22-21/h1-8,17H,9-15H2/t17-/m0/s1. The number of hydrogen-bond donors (Lipinski definition) is 0. The summed E-state index contributed by atoms with van der Waals surface area (Å²) in [6.45, 7) is 5.67. The molecule has 1 aliphatic heterocycles. The minimum absolute atomic E-state index is 0.725. The summed E-state index contributed by atoms with van der Waals surface area (Å²) in [5.74, 6) is 1.91. The highest BCUT2D eigenvalue weighted by atomic mass is 32.1. The molecule has 0 spiro atoms. The van der Waals surface area contributed by atoms with Crippen LogP contribution in [0, 0.1) is 0 Å². The molecule has 4 heteroatoms. The molecule has 0 saturated carbocycles. The molecule has 0 amide bonds. The lowest BCUT2D eigenvalue weighted by atomic mass is 10.0. The second-order valence-electron chi connectivity index (χ2n) is 7.22. The molecule has 5 rings (SSSR count). The van der Waals surface area contributed by atoms with Gasteiger partial charge in [0.05, 0.1) is 4.70 Å². The molecule has 0 bridgehead atoms. The van der Waals surface area contributed by atoms with E-state index in [1.54, 1.807) is 22.7 Å². The molecular formula is C21H23N3S. The van der Waals surface area contributed by atoms with Gasteiger partial charge in [-0.3, -0.25) is 4.90 Å². The number of fused-ring (bicyclic) bond motifs is 2. The monoisotopic (exact) mass is 349 g/mol. The Morgan fingerprint density at radius 1 is 0.960 bits per heavy atom. The van der Waals surface area contributed by atoms with Crippen molar-refractivity contribution in [2.75, 3.05) is 37.6 Å². The molecule has 3 nitrogen and oxygen atoms in total. The van der Waals surface area contributed by atoms with Crippen LogP contribution in [0.5, 0.6) is 0 Å². The molecule has 0 unspecified atom stereocenters. The van der Waals surface area contributed by atoms with E-state index in [1.807, 2.05) is 0 Å². The van der Waals surface area contributed by atoms with Gasteiger partial charge >= 0.3 is 0 Å². The van der Waals surface area contributed by atoms with E-state index in [4.69, 9.17) is 4.37 Å². The third-order valence-electron chi connectivity index (χ3n) is 5.77. The number of rotatable bonds is 3. The molecule has 1 atom stereocenters. The van der Waals surface area contributed by atoms with E-state index in [0.29, 0.717) is 0 Å². The molecule has 1 aromatic heterocycles. The van der Waals surface area contributed by atoms with Crippen LogP contribution in [-0.2, 0) is 6.42 Å². The third-order valence-corrected chi connectivity index (χ3v) is 6.58. The quantitative estimate of drug-likeness (QED) is 0.708. The van der Waals surface area contributed by atoms with Gasteiger partial charge in [0.1, 0.15) is 5.82 Å². The van der Waals surface area contributed by atoms with Crippen LogP contribution in [-0.4, -0.2) is 42.0 Å². The Morgan fingerprint density at radius 3 is 2.68 bits per heavy atom. The van der Waals surface area contributed by atoms with Crippen molar-refractivity contribution in [2.24, 2.45) is 0 Å². The second-order valence-corrected chi connectivity index (χ2v) is 8.03. The smallest absolute Gasteiger partial charge is 0.150 e. The zero-order chi connectivity index (χ0) is 16.6. The fourth-order valence-corrected chi connectivity index (χ4v) is 5.19. The summed E-state index contributed by atoms with van der Waals surface area (Å²) < 4.78 is 6.02. The van der Waals surface area contributed by atoms with Crippen molar-refractivity contribution in [1.82, 2.24) is 9.27 Å². The zero-order valence-electron chi connectivity index (χ0n) is 14.4. The van der Waals surface area contributed by atoms with Crippen molar-refractivity contribution in [3.8, 4) is 0 Å². The molecule has 1 fully saturated rings. The van der Waals surface area contributed by atoms with E-state index < -0.39 is 0 Å². The first-order valence-electron chi connectivity index (χ1n) is 9.28. The molecule has 0 N–H and O–H groups in total. The average Bonchev–Trinajstić information content (AvgIpc) is 3.27. The maximum absolute atomic E-state index is 4.73. The van der Waals surface area contributed by atoms with E-state index in [1.165, 1.54) is 35.3 Å². The van der Waals surface area contributed by atoms with E-state index in [9.17, 15) is 0 Å². The number of benzene rings is 2. The molecule has 3 aromatic rings. The van der Waals surface area contributed by atoms with Gasteiger partial charge in [0.2, 0.25) is 0 Å². The Hall–Kier alpha value is -1.91. The van der Waals surface area contributed by atoms with Crippen molar-refractivity contribution in [2.45, 2.75) is 18.8 Å². The van der Waals surface area contributed by atoms with Gasteiger partial charge in [-0.15, -0.1) is 0 Å². The molecule has 1 saturated heterocycles. The maximum Gasteiger partial charge on any atom is 0.150 e. The molecular weight excluding hydrogens is 326 g/mol. The van der Waals surface area contributed by atoms with Gasteiger partial charge in [-0.2, -0.15) is 4.37 Å². The molecule has 0 radical (unpaired) electrons. The summed E-state index contributed by atoms with van der Waals surface area (Å²) in [6, 6.07) is 17.6. The van der Waals surface area contributed by atoms with Gasteiger partial charge in [-0.1, -0.05) is 36.4 Å². The van der Waals surface area contributed by atoms with Crippen molar-refractivity contribution in [1.29, 1.82) is 0 Å². The van der Waals surface area contributed by atoms with Gasteiger partial charge < -0.3 is 4.90 Å². The van der Waals surface area contributed by atoms with E-state index in [0.717, 1.165) is 32.1 Å². The van der Waals surface area contributed by atoms with Crippen LogP contribution >= 0.6 is 11.5 Å². The first kappa shape index (κ1) is 15.4. The van der Waals surface area contributed by atoms with Crippen LogP contribution < -0.4 is 4.90 Å². The van der Waals surface area contributed by atoms with Crippen molar-refractivity contribution in [3.63, 3.8) is 0 Å². The average molecular weight is 350 g/mol. The van der Waals surface area contributed by atoms with Gasteiger partial charge in [-0.25, -0.2) is 0 Å². The minimum atomic E-state index is 0.725. The molecule has 2 aromatic carbocycles. The zero-order valence-corrected chi connectivity index (χ0v) is 15.2. The van der Waals surface area contributed by atoms with Crippen LogP contribution in [0.25, 0.3) is 10.1 Å². The Kier molecular flexibility index (Phi) is 3.95. The lowest BCUT2D eigenvalue weighted by molar-refractivity contribution is 0.241. The summed E-state index contributed by atoms with van der Waals surface area (Å²) >= 11 is 1.62. The number of hydrogen-bond acceptors (Lipinski definition) is 4. The third kappa shape index (κ3) is 2.83. The van der Waals surface area contributed by atoms with E-state index in [2.05, 4.69) is 58.3 Å². The van der Waals surface area contributed by atoms with Gasteiger partial charge in [0.15, 0.2) is 0 Å². The lowest BCUT2D eigenvalue weighted by Crippen LogP contribution is -2.47. The summed E-state index contributed by atoms with van der Waals surface area (Å²) in [7, 11) is 0. The van der Waals surface area contributed by atoms with Crippen molar-refractivity contribution < 1.29 is 0 Å². The van der Waals surface area contributed by atoms with Crippen LogP contribution in [0.2, 0.25) is 0 Å². The highest BCUT2D eigenvalue weighted by Gasteiger charge is 2.26. The summed E-state index contributed by atoms with van der Waals surface area (Å²) in [6.07, 6.45) is 2.57. The molecule has 25 heavy (non-hydrogen) atoms. The van der Waals surface area contributed by atoms with Crippen molar-refractivity contribution in [3.05, 3.63) is 59.7 Å². The first-order chi connectivity index (χ1) is 12.4. The fraction of sp³-hybridized carbons (Fsp3) is 0.381. The van der Waals surface area contributed by atoms with Crippen molar-refractivity contribution >= 4 is 27.4 Å². The molecule has 2 aliphatic rings. The Morgan fingerprint density at radius 2 is 1.76 bits per heavy atom. The second kappa shape index (κ2) is 6.43. The first-order valence-corrected chi connectivity index (χ1v) is 10.1. The number of nitrogens with zero attached hydrogens (tertiary/aromatic N) is 3. The van der Waals surface area contributed by atoms with Gasteiger partial charge in [0, 0.05) is 38.1 Å². The summed E-state index contributed by atoms with van der Waals surface area (Å²) in [5, 5.41) is 1.31. The van der Waals surface area contributed by atoms with Crippen LogP contribution in [0.3, 0.4) is 0 Å². The van der Waals surface area contributed by atoms with Gasteiger partial charge in [0.25, 0.3) is 0 Å². The number of aromatic nitrogens is 1. The SMILES string of the molecule is c1ccc2c(c1)CC[C@H]2CN1CCN(c2nsc3ccccc23)CC1. The lowest BCUT2D eigenvalue weighted by Gasteiger charge is -2.36. The molecule has 128 valence electrons. The number of anilines is 1. The van der Waals surface area contributed by atoms with Crippen LogP contribution in [0.4, 0.5) is 5.82 Å². The largest absolute Gasteiger partial charge is 0.353 e. The summed E-state index contributed by atoms with van der Waals surface area (Å²) in [5.41, 5.74) is 3.16. The van der Waals surface area contributed by atoms with E-state index in [-0.39, 0.29) is 0 Å². The molecule has 2 heterocycles.